The molecule has 1 aliphatic carbocycles. The largest absolute Gasteiger partial charge is 0.328 e. The van der Waals surface area contributed by atoms with E-state index in [4.69, 9.17) is 12.2 Å². The molecule has 1 rings (SSSR count). The molecule has 0 unspecified atom stereocenters. The van der Waals surface area contributed by atoms with E-state index in [0.29, 0.717) is 0 Å². The zero-order valence-electron chi connectivity index (χ0n) is 6.55. The molecule has 0 aliphatic heterocycles. The minimum Gasteiger partial charge on any atom is -0.328 e. The molecule has 1 fully saturated rings. The molecular weight excluding hydrogens is 138 g/mol. The highest BCUT2D eigenvalue weighted by Gasteiger charge is 2.23. The number of ketones is 1. The first-order valence-corrected chi connectivity index (χ1v) is 4.00. The maximum absolute atomic E-state index is 11.0. The minimum absolute atomic E-state index is 0.0451. The van der Waals surface area contributed by atoms with E-state index >= 15 is 0 Å². The van der Waals surface area contributed by atoms with Crippen LogP contribution in [0.3, 0.4) is 0 Å². The van der Waals surface area contributed by atoms with Gasteiger partial charge in [-0.2, -0.15) is 0 Å². The van der Waals surface area contributed by atoms with Crippen molar-refractivity contribution in [2.24, 2.45) is 11.7 Å². The van der Waals surface area contributed by atoms with Gasteiger partial charge in [0.15, 0.2) is 0 Å². The summed E-state index contributed by atoms with van der Waals surface area (Å²) < 4.78 is 0. The molecule has 2 nitrogen and oxygen atoms in total. The first-order valence-electron chi connectivity index (χ1n) is 4.00. The zero-order valence-corrected chi connectivity index (χ0v) is 6.55. The van der Waals surface area contributed by atoms with Gasteiger partial charge in [-0.25, -0.2) is 0 Å². The monoisotopic (exact) mass is 151 g/mol. The van der Waals surface area contributed by atoms with E-state index in [9.17, 15) is 4.79 Å². The molecule has 2 N–H and O–H groups in total. The molecule has 1 saturated carbocycles. The first-order chi connectivity index (χ1) is 5.24. The lowest BCUT2D eigenvalue weighted by Gasteiger charge is -2.23. The van der Waals surface area contributed by atoms with Crippen molar-refractivity contribution in [3.8, 4) is 12.3 Å². The maximum Gasteiger partial charge on any atom is 0.208 e. The number of terminal acetylenes is 1. The Hall–Kier alpha value is -0.810. The van der Waals surface area contributed by atoms with Crippen LogP contribution in [-0.2, 0) is 4.79 Å². The molecular formula is C9H13NO. The van der Waals surface area contributed by atoms with Gasteiger partial charge in [0.2, 0.25) is 5.78 Å². The number of carbonyl (C=O) groups excluding carboxylic acids is 1. The Labute approximate surface area is 67.2 Å². The predicted octanol–water partition coefficient (Wildman–Crippen LogP) is 0.706. The standard InChI is InChI=1S/C9H13NO/c1-2-9(11)7-4-3-5-8(10)6-7/h1,7-8H,3-6,10H2/t7-,8+/m1/s1. The Morgan fingerprint density at radius 1 is 1.55 bits per heavy atom. The molecule has 0 heterocycles. The van der Waals surface area contributed by atoms with Crippen molar-refractivity contribution < 1.29 is 4.79 Å². The van der Waals surface area contributed by atoms with E-state index < -0.39 is 0 Å². The van der Waals surface area contributed by atoms with Gasteiger partial charge in [-0.15, -0.1) is 6.42 Å². The molecule has 0 amide bonds. The summed E-state index contributed by atoms with van der Waals surface area (Å²) in [6.07, 6.45) is 8.79. The zero-order chi connectivity index (χ0) is 8.27. The van der Waals surface area contributed by atoms with Crippen LogP contribution in [0.5, 0.6) is 0 Å². The molecule has 0 radical (unpaired) electrons. The molecule has 0 aromatic carbocycles. The van der Waals surface area contributed by atoms with Crippen molar-refractivity contribution in [2.75, 3.05) is 0 Å². The van der Waals surface area contributed by atoms with Gasteiger partial charge in [0.05, 0.1) is 0 Å². The fraction of sp³-hybridized carbons (Fsp3) is 0.667. The summed E-state index contributed by atoms with van der Waals surface area (Å²) in [5, 5.41) is 0. The summed E-state index contributed by atoms with van der Waals surface area (Å²) in [5.74, 6) is 2.14. The topological polar surface area (TPSA) is 43.1 Å². The van der Waals surface area contributed by atoms with Crippen LogP contribution in [0.2, 0.25) is 0 Å². The SMILES string of the molecule is C#CC(=O)[C@@H]1CCC[C@H](N)C1. The van der Waals surface area contributed by atoms with Crippen molar-refractivity contribution in [3.05, 3.63) is 0 Å². The van der Waals surface area contributed by atoms with Gasteiger partial charge in [0, 0.05) is 12.0 Å². The molecule has 11 heavy (non-hydrogen) atoms. The Bertz CT molecular complexity index is 192. The van der Waals surface area contributed by atoms with Gasteiger partial charge < -0.3 is 5.73 Å². The van der Waals surface area contributed by atoms with Crippen LogP contribution in [0.25, 0.3) is 0 Å². The highest BCUT2D eigenvalue weighted by Crippen LogP contribution is 2.23. The van der Waals surface area contributed by atoms with E-state index in [1.165, 1.54) is 0 Å². The number of hydrogen-bond donors (Lipinski definition) is 1. The van der Waals surface area contributed by atoms with Crippen LogP contribution in [0.4, 0.5) is 0 Å². The second-order valence-corrected chi connectivity index (χ2v) is 3.13. The molecule has 0 aromatic heterocycles. The maximum atomic E-state index is 11.0. The van der Waals surface area contributed by atoms with Crippen LogP contribution < -0.4 is 5.73 Å². The van der Waals surface area contributed by atoms with Crippen LogP contribution in [0, 0.1) is 18.3 Å². The van der Waals surface area contributed by atoms with Gasteiger partial charge >= 0.3 is 0 Å². The third-order valence-electron chi connectivity index (χ3n) is 2.23. The third-order valence-corrected chi connectivity index (χ3v) is 2.23. The number of Topliss-reactive ketones (excluding diaryl/α,β-unsaturated/α-hetero) is 1. The molecule has 0 bridgehead atoms. The van der Waals surface area contributed by atoms with Gasteiger partial charge in [0.25, 0.3) is 0 Å². The van der Waals surface area contributed by atoms with E-state index in [0.717, 1.165) is 25.7 Å². The third kappa shape index (κ3) is 2.06. The Morgan fingerprint density at radius 3 is 2.82 bits per heavy atom. The summed E-state index contributed by atoms with van der Waals surface area (Å²) in [6, 6.07) is 0.186. The van der Waals surface area contributed by atoms with E-state index in [1.54, 1.807) is 0 Å². The lowest BCUT2D eigenvalue weighted by Crippen LogP contribution is -2.31. The van der Waals surface area contributed by atoms with Crippen molar-refractivity contribution in [1.29, 1.82) is 0 Å². The summed E-state index contributed by atoms with van der Waals surface area (Å²) in [4.78, 5) is 11.0. The summed E-state index contributed by atoms with van der Waals surface area (Å²) in [6.45, 7) is 0. The summed E-state index contributed by atoms with van der Waals surface area (Å²) >= 11 is 0. The molecule has 1 aliphatic rings. The Balaban J connectivity index is 2.47. The molecule has 60 valence electrons. The average molecular weight is 151 g/mol. The van der Waals surface area contributed by atoms with Crippen LogP contribution in [0.1, 0.15) is 25.7 Å². The van der Waals surface area contributed by atoms with Crippen LogP contribution >= 0.6 is 0 Å². The number of hydrogen-bond acceptors (Lipinski definition) is 2. The van der Waals surface area contributed by atoms with Crippen molar-refractivity contribution >= 4 is 5.78 Å². The van der Waals surface area contributed by atoms with E-state index in [1.807, 2.05) is 0 Å². The highest BCUT2D eigenvalue weighted by molar-refractivity contribution is 5.96. The number of rotatable bonds is 1. The molecule has 0 spiro atoms. The van der Waals surface area contributed by atoms with Crippen LogP contribution in [0.15, 0.2) is 0 Å². The van der Waals surface area contributed by atoms with Crippen molar-refractivity contribution in [2.45, 2.75) is 31.7 Å². The number of nitrogens with two attached hydrogens (primary N) is 1. The fourth-order valence-electron chi connectivity index (χ4n) is 1.58. The van der Waals surface area contributed by atoms with Gasteiger partial charge in [-0.3, -0.25) is 4.79 Å². The van der Waals surface area contributed by atoms with Crippen LogP contribution in [-0.4, -0.2) is 11.8 Å². The lowest BCUT2D eigenvalue weighted by atomic mass is 9.84. The Morgan fingerprint density at radius 2 is 2.27 bits per heavy atom. The van der Waals surface area contributed by atoms with E-state index in [2.05, 4.69) is 5.92 Å². The van der Waals surface area contributed by atoms with Crippen molar-refractivity contribution in [3.63, 3.8) is 0 Å². The molecule has 0 aromatic rings. The fourth-order valence-corrected chi connectivity index (χ4v) is 1.58. The average Bonchev–Trinajstić information content (AvgIpc) is 2.03. The van der Waals surface area contributed by atoms with E-state index in [-0.39, 0.29) is 17.7 Å². The Kier molecular flexibility index (Phi) is 2.67. The molecule has 0 saturated heterocycles. The molecule has 2 atom stereocenters. The highest BCUT2D eigenvalue weighted by atomic mass is 16.1. The van der Waals surface area contributed by atoms with Gasteiger partial charge in [-0.05, 0) is 25.2 Å². The van der Waals surface area contributed by atoms with Gasteiger partial charge in [-0.1, -0.05) is 6.42 Å². The van der Waals surface area contributed by atoms with Gasteiger partial charge in [0.1, 0.15) is 0 Å². The summed E-state index contributed by atoms with van der Waals surface area (Å²) in [7, 11) is 0. The second kappa shape index (κ2) is 3.54. The van der Waals surface area contributed by atoms with Crippen molar-refractivity contribution in [1.82, 2.24) is 0 Å². The number of carbonyl (C=O) groups is 1. The predicted molar refractivity (Wildman–Crippen MR) is 43.8 cm³/mol. The summed E-state index contributed by atoms with van der Waals surface area (Å²) in [5.41, 5.74) is 5.70. The normalized spacial score (nSPS) is 30.9. The quantitative estimate of drug-likeness (QED) is 0.443. The second-order valence-electron chi connectivity index (χ2n) is 3.13. The lowest BCUT2D eigenvalue weighted by molar-refractivity contribution is -0.118. The molecule has 2 heteroatoms. The smallest absolute Gasteiger partial charge is 0.208 e. The first kappa shape index (κ1) is 8.29. The minimum atomic E-state index is -0.0693.